The van der Waals surface area contributed by atoms with Crippen molar-refractivity contribution in [1.29, 1.82) is 0 Å². The summed E-state index contributed by atoms with van der Waals surface area (Å²) in [5, 5.41) is 6.53. The minimum atomic E-state index is -0.181. The summed E-state index contributed by atoms with van der Waals surface area (Å²) in [7, 11) is 0. The molecule has 2 aromatic rings. The monoisotopic (exact) mass is 421 g/mol. The van der Waals surface area contributed by atoms with Gasteiger partial charge in [-0.05, 0) is 31.5 Å². The minimum absolute atomic E-state index is 0. The van der Waals surface area contributed by atoms with Crippen LogP contribution in [0, 0.1) is 5.82 Å². The predicted octanol–water partition coefficient (Wildman–Crippen LogP) is 4.37. The number of hydrogen-bond donors (Lipinski definition) is 1. The number of benzene rings is 1. The molecule has 1 saturated heterocycles. The maximum absolute atomic E-state index is 13.6. The van der Waals surface area contributed by atoms with Gasteiger partial charge in [0.15, 0.2) is 0 Å². The highest BCUT2D eigenvalue weighted by Crippen LogP contribution is 2.27. The first-order chi connectivity index (χ1) is 11.7. The Hall–Kier alpha value is -0.760. The summed E-state index contributed by atoms with van der Waals surface area (Å²) in [4.78, 5) is 7.10. The van der Waals surface area contributed by atoms with Gasteiger partial charge in [0.25, 0.3) is 0 Å². The zero-order valence-electron chi connectivity index (χ0n) is 15.0. The van der Waals surface area contributed by atoms with Crippen LogP contribution in [0.15, 0.2) is 29.6 Å². The molecule has 1 aromatic heterocycles. The van der Waals surface area contributed by atoms with Crippen molar-refractivity contribution in [1.82, 2.24) is 15.2 Å². The van der Waals surface area contributed by atoms with E-state index in [0.717, 1.165) is 42.4 Å². The molecule has 0 bridgehead atoms. The van der Waals surface area contributed by atoms with Crippen LogP contribution in [0.25, 0.3) is 0 Å². The maximum atomic E-state index is 13.6. The molecule has 0 amide bonds. The number of halogens is 3. The Balaban J connectivity index is 0.00000169. The van der Waals surface area contributed by atoms with Crippen LogP contribution in [0.5, 0.6) is 0 Å². The van der Waals surface area contributed by atoms with Crippen molar-refractivity contribution in [3.05, 3.63) is 51.7 Å². The molecule has 0 saturated carbocycles. The van der Waals surface area contributed by atoms with Crippen LogP contribution < -0.4 is 5.32 Å². The lowest BCUT2D eigenvalue weighted by molar-refractivity contribution is 0.0758. The standard InChI is InChI=1S/C18H24FN3OS.2ClH/c1-3-23-13(2)18-21-16(12-24-18)11-22-8-7-20-10-17(22)14-5-4-6-15(19)9-14;;/h4-6,9,12-13,17,20H,3,7-8,10-11H2,1-2H3;2*1H. The fourth-order valence-corrected chi connectivity index (χ4v) is 3.90. The van der Waals surface area contributed by atoms with Gasteiger partial charge in [0.1, 0.15) is 16.9 Å². The molecule has 4 nitrogen and oxygen atoms in total. The van der Waals surface area contributed by atoms with Crippen LogP contribution in [0.1, 0.15) is 42.3 Å². The van der Waals surface area contributed by atoms with E-state index >= 15 is 0 Å². The summed E-state index contributed by atoms with van der Waals surface area (Å²) < 4.78 is 19.2. The van der Waals surface area contributed by atoms with E-state index in [1.54, 1.807) is 23.5 Å². The van der Waals surface area contributed by atoms with Crippen LogP contribution in [-0.2, 0) is 11.3 Å². The Kier molecular flexibility index (Phi) is 10.00. The number of nitrogens with one attached hydrogen (secondary N) is 1. The third-order valence-electron chi connectivity index (χ3n) is 4.29. The molecule has 2 atom stereocenters. The van der Waals surface area contributed by atoms with E-state index in [1.807, 2.05) is 19.9 Å². The lowest BCUT2D eigenvalue weighted by atomic mass is 10.0. The minimum Gasteiger partial charge on any atom is -0.372 e. The maximum Gasteiger partial charge on any atom is 0.123 e. The lowest BCUT2D eigenvalue weighted by Gasteiger charge is -2.36. The van der Waals surface area contributed by atoms with Crippen molar-refractivity contribution in [2.24, 2.45) is 0 Å². The number of rotatable bonds is 6. The van der Waals surface area contributed by atoms with Gasteiger partial charge in [-0.1, -0.05) is 12.1 Å². The van der Waals surface area contributed by atoms with E-state index in [1.165, 1.54) is 6.07 Å². The molecule has 0 aliphatic carbocycles. The number of piperazine rings is 1. The van der Waals surface area contributed by atoms with Crippen molar-refractivity contribution in [2.75, 3.05) is 26.2 Å². The van der Waals surface area contributed by atoms with Gasteiger partial charge in [0.2, 0.25) is 0 Å². The molecule has 8 heteroatoms. The van der Waals surface area contributed by atoms with Gasteiger partial charge in [-0.25, -0.2) is 9.37 Å². The molecule has 1 N–H and O–H groups in total. The van der Waals surface area contributed by atoms with Crippen molar-refractivity contribution in [2.45, 2.75) is 32.5 Å². The van der Waals surface area contributed by atoms with E-state index in [4.69, 9.17) is 9.72 Å². The van der Waals surface area contributed by atoms with Crippen LogP contribution in [-0.4, -0.2) is 36.1 Å². The van der Waals surface area contributed by atoms with Gasteiger partial charge in [0.05, 0.1) is 5.69 Å². The van der Waals surface area contributed by atoms with Gasteiger partial charge >= 0.3 is 0 Å². The predicted molar refractivity (Wildman–Crippen MR) is 109 cm³/mol. The van der Waals surface area contributed by atoms with E-state index in [0.29, 0.717) is 6.61 Å². The highest BCUT2D eigenvalue weighted by Gasteiger charge is 2.25. The van der Waals surface area contributed by atoms with Crippen molar-refractivity contribution in [3.8, 4) is 0 Å². The van der Waals surface area contributed by atoms with Crippen molar-refractivity contribution >= 4 is 36.2 Å². The number of ether oxygens (including phenoxy) is 1. The summed E-state index contributed by atoms with van der Waals surface area (Å²) in [5.74, 6) is -0.181. The van der Waals surface area contributed by atoms with E-state index in [-0.39, 0.29) is 42.8 Å². The molecule has 26 heavy (non-hydrogen) atoms. The largest absolute Gasteiger partial charge is 0.372 e. The first-order valence-corrected chi connectivity index (χ1v) is 9.31. The average Bonchev–Trinajstić information content (AvgIpc) is 3.04. The first kappa shape index (κ1) is 23.3. The number of thiazole rings is 1. The van der Waals surface area contributed by atoms with Crippen LogP contribution in [0.2, 0.25) is 0 Å². The summed E-state index contributed by atoms with van der Waals surface area (Å²) in [6.45, 7) is 8.19. The topological polar surface area (TPSA) is 37.4 Å². The summed E-state index contributed by atoms with van der Waals surface area (Å²) in [6.07, 6.45) is 0.0378. The molecule has 2 unspecified atom stereocenters. The van der Waals surface area contributed by atoms with Crippen molar-refractivity contribution < 1.29 is 9.13 Å². The normalized spacial score (nSPS) is 18.7. The molecule has 2 heterocycles. The van der Waals surface area contributed by atoms with Crippen LogP contribution in [0.4, 0.5) is 4.39 Å². The first-order valence-electron chi connectivity index (χ1n) is 8.43. The Labute approximate surface area is 171 Å². The molecule has 146 valence electrons. The second kappa shape index (κ2) is 11.2. The molecule has 1 aliphatic rings. The Bertz CT molecular complexity index is 673. The molecule has 0 spiro atoms. The zero-order chi connectivity index (χ0) is 16.9. The smallest absolute Gasteiger partial charge is 0.123 e. The molecule has 0 radical (unpaired) electrons. The highest BCUT2D eigenvalue weighted by atomic mass is 35.5. The fraction of sp³-hybridized carbons (Fsp3) is 0.500. The van der Waals surface area contributed by atoms with E-state index in [9.17, 15) is 4.39 Å². The zero-order valence-corrected chi connectivity index (χ0v) is 17.4. The highest BCUT2D eigenvalue weighted by molar-refractivity contribution is 7.09. The van der Waals surface area contributed by atoms with Gasteiger partial charge in [-0.2, -0.15) is 0 Å². The van der Waals surface area contributed by atoms with E-state index in [2.05, 4.69) is 15.6 Å². The molecule has 1 fully saturated rings. The van der Waals surface area contributed by atoms with Gasteiger partial charge in [-0.15, -0.1) is 36.2 Å². The van der Waals surface area contributed by atoms with Crippen LogP contribution >= 0.6 is 36.2 Å². The number of hydrogen-bond acceptors (Lipinski definition) is 5. The summed E-state index contributed by atoms with van der Waals surface area (Å²) in [6, 6.07) is 7.07. The quantitative estimate of drug-likeness (QED) is 0.750. The number of nitrogens with zero attached hydrogens (tertiary/aromatic N) is 2. The third-order valence-corrected chi connectivity index (χ3v) is 5.34. The molecular formula is C18H26Cl2FN3OS. The average molecular weight is 422 g/mol. The van der Waals surface area contributed by atoms with Crippen LogP contribution in [0.3, 0.4) is 0 Å². The molecule has 3 rings (SSSR count). The second-order valence-corrected chi connectivity index (χ2v) is 6.91. The summed E-state index contributed by atoms with van der Waals surface area (Å²) in [5.41, 5.74) is 2.07. The lowest BCUT2D eigenvalue weighted by Crippen LogP contribution is -2.45. The van der Waals surface area contributed by atoms with Gasteiger partial charge < -0.3 is 10.1 Å². The SMILES string of the molecule is CCOC(C)c1nc(CN2CCNCC2c2cccc(F)c2)cs1.Cl.Cl. The van der Waals surface area contributed by atoms with Gasteiger partial charge in [0, 0.05) is 44.2 Å². The van der Waals surface area contributed by atoms with E-state index < -0.39 is 0 Å². The van der Waals surface area contributed by atoms with Gasteiger partial charge in [-0.3, -0.25) is 4.90 Å². The molecular weight excluding hydrogens is 396 g/mol. The molecule has 1 aromatic carbocycles. The number of aromatic nitrogens is 1. The molecule has 1 aliphatic heterocycles. The fourth-order valence-electron chi connectivity index (χ4n) is 3.09. The summed E-state index contributed by atoms with van der Waals surface area (Å²) >= 11 is 1.65. The van der Waals surface area contributed by atoms with Crippen molar-refractivity contribution in [3.63, 3.8) is 0 Å². The second-order valence-electron chi connectivity index (χ2n) is 6.02. The Morgan fingerprint density at radius 2 is 2.23 bits per heavy atom. The third kappa shape index (κ3) is 5.87. The Morgan fingerprint density at radius 3 is 2.96 bits per heavy atom. The Morgan fingerprint density at radius 1 is 1.42 bits per heavy atom.